The molecular weight excluding hydrogens is 223 g/mol. The van der Waals surface area contributed by atoms with E-state index in [-0.39, 0.29) is 23.9 Å². The summed E-state index contributed by atoms with van der Waals surface area (Å²) < 4.78 is 12.6. The van der Waals surface area contributed by atoms with Crippen molar-refractivity contribution in [2.45, 2.75) is 12.8 Å². The highest BCUT2D eigenvalue weighted by molar-refractivity contribution is 5.89. The smallest absolute Gasteiger partial charge is 0.319 e. The van der Waals surface area contributed by atoms with E-state index in [4.69, 9.17) is 5.11 Å². The van der Waals surface area contributed by atoms with Crippen LogP contribution in [0.15, 0.2) is 24.3 Å². The summed E-state index contributed by atoms with van der Waals surface area (Å²) in [5.74, 6) is -0.340. The first-order valence-corrected chi connectivity index (χ1v) is 5.55. The van der Waals surface area contributed by atoms with Crippen LogP contribution in [0.2, 0.25) is 0 Å². The van der Waals surface area contributed by atoms with Crippen LogP contribution >= 0.6 is 0 Å². The number of nitrogens with one attached hydrogen (secondary N) is 2. The van der Waals surface area contributed by atoms with Crippen LogP contribution in [-0.2, 0) is 0 Å². The first-order chi connectivity index (χ1) is 8.13. The maximum atomic E-state index is 12.6. The lowest BCUT2D eigenvalue weighted by molar-refractivity contribution is 0.206. The van der Waals surface area contributed by atoms with Crippen molar-refractivity contribution in [1.29, 1.82) is 0 Å². The SMILES string of the molecule is O=C(NCC1(CO)CC1)Nc1ccc(F)cc1. The van der Waals surface area contributed by atoms with Crippen molar-refractivity contribution in [1.82, 2.24) is 5.32 Å². The van der Waals surface area contributed by atoms with Gasteiger partial charge in [-0.15, -0.1) is 0 Å². The number of halogens is 1. The molecule has 1 saturated carbocycles. The molecule has 3 N–H and O–H groups in total. The van der Waals surface area contributed by atoms with Gasteiger partial charge in [-0.1, -0.05) is 0 Å². The molecule has 0 radical (unpaired) electrons. The number of rotatable bonds is 4. The third-order valence-corrected chi connectivity index (χ3v) is 3.02. The monoisotopic (exact) mass is 238 g/mol. The van der Waals surface area contributed by atoms with Crippen LogP contribution in [0, 0.1) is 11.2 Å². The van der Waals surface area contributed by atoms with Crippen molar-refractivity contribution >= 4 is 11.7 Å². The maximum Gasteiger partial charge on any atom is 0.319 e. The molecule has 1 aliphatic carbocycles. The molecule has 92 valence electrons. The van der Waals surface area contributed by atoms with Crippen molar-refractivity contribution in [3.63, 3.8) is 0 Å². The lowest BCUT2D eigenvalue weighted by Crippen LogP contribution is -2.35. The zero-order valence-electron chi connectivity index (χ0n) is 9.37. The van der Waals surface area contributed by atoms with Crippen molar-refractivity contribution in [3.05, 3.63) is 30.1 Å². The molecule has 0 unspecified atom stereocenters. The van der Waals surface area contributed by atoms with Gasteiger partial charge in [0.25, 0.3) is 0 Å². The Labute approximate surface area is 98.8 Å². The van der Waals surface area contributed by atoms with E-state index in [1.165, 1.54) is 24.3 Å². The number of anilines is 1. The number of hydrogen-bond acceptors (Lipinski definition) is 2. The normalized spacial score (nSPS) is 16.4. The standard InChI is InChI=1S/C12H15FN2O2/c13-9-1-3-10(4-2-9)15-11(17)14-7-12(8-16)5-6-12/h1-4,16H,5-8H2,(H2,14,15,17). The zero-order valence-corrected chi connectivity index (χ0v) is 9.37. The molecular formula is C12H15FN2O2. The van der Waals surface area contributed by atoms with Crippen LogP contribution < -0.4 is 10.6 Å². The molecule has 4 nitrogen and oxygen atoms in total. The van der Waals surface area contributed by atoms with Crippen molar-refractivity contribution in [2.75, 3.05) is 18.5 Å². The van der Waals surface area contributed by atoms with E-state index in [1.54, 1.807) is 0 Å². The van der Waals surface area contributed by atoms with Crippen LogP contribution in [0.1, 0.15) is 12.8 Å². The highest BCUT2D eigenvalue weighted by Crippen LogP contribution is 2.44. The summed E-state index contributed by atoms with van der Waals surface area (Å²) in [5.41, 5.74) is 0.429. The van der Waals surface area contributed by atoms with Crippen molar-refractivity contribution in [3.8, 4) is 0 Å². The molecule has 1 aromatic carbocycles. The molecule has 2 amide bonds. The Bertz CT molecular complexity index is 401. The lowest BCUT2D eigenvalue weighted by Gasteiger charge is -2.13. The average Bonchev–Trinajstić information content (AvgIpc) is 3.10. The van der Waals surface area contributed by atoms with Gasteiger partial charge < -0.3 is 15.7 Å². The number of amides is 2. The Kier molecular flexibility index (Phi) is 3.28. The van der Waals surface area contributed by atoms with E-state index in [2.05, 4.69) is 10.6 Å². The van der Waals surface area contributed by atoms with E-state index < -0.39 is 0 Å². The quantitative estimate of drug-likeness (QED) is 0.748. The Morgan fingerprint density at radius 3 is 2.53 bits per heavy atom. The Morgan fingerprint density at radius 1 is 1.35 bits per heavy atom. The van der Waals surface area contributed by atoms with E-state index in [1.807, 2.05) is 0 Å². The summed E-state index contributed by atoms with van der Waals surface area (Å²) in [4.78, 5) is 11.5. The second-order valence-electron chi connectivity index (χ2n) is 4.47. The molecule has 0 heterocycles. The average molecular weight is 238 g/mol. The molecule has 1 fully saturated rings. The van der Waals surface area contributed by atoms with Gasteiger partial charge in [0.2, 0.25) is 0 Å². The van der Waals surface area contributed by atoms with Crippen LogP contribution in [0.25, 0.3) is 0 Å². The molecule has 2 rings (SSSR count). The predicted molar refractivity (Wildman–Crippen MR) is 62.2 cm³/mol. The molecule has 0 aromatic heterocycles. The van der Waals surface area contributed by atoms with Gasteiger partial charge in [0.05, 0.1) is 6.61 Å². The number of carbonyl (C=O) groups excluding carboxylic acids is 1. The number of carbonyl (C=O) groups is 1. The predicted octanol–water partition coefficient (Wildman–Crippen LogP) is 1.72. The molecule has 1 aliphatic rings. The summed E-state index contributed by atoms with van der Waals surface area (Å²) >= 11 is 0. The number of hydrogen-bond donors (Lipinski definition) is 3. The van der Waals surface area contributed by atoms with E-state index in [0.29, 0.717) is 12.2 Å². The second-order valence-corrected chi connectivity index (χ2v) is 4.47. The van der Waals surface area contributed by atoms with Gasteiger partial charge in [-0.2, -0.15) is 0 Å². The van der Waals surface area contributed by atoms with Gasteiger partial charge in [-0.25, -0.2) is 9.18 Å². The highest BCUT2D eigenvalue weighted by atomic mass is 19.1. The fourth-order valence-corrected chi connectivity index (χ4v) is 1.54. The minimum atomic E-state index is -0.340. The van der Waals surface area contributed by atoms with E-state index in [9.17, 15) is 9.18 Å². The molecule has 1 aromatic rings. The molecule has 17 heavy (non-hydrogen) atoms. The molecule has 0 spiro atoms. The maximum absolute atomic E-state index is 12.6. The zero-order chi connectivity index (χ0) is 12.3. The molecule has 5 heteroatoms. The van der Waals surface area contributed by atoms with Gasteiger partial charge in [-0.3, -0.25) is 0 Å². The van der Waals surface area contributed by atoms with Gasteiger partial charge >= 0.3 is 6.03 Å². The largest absolute Gasteiger partial charge is 0.396 e. The first-order valence-electron chi connectivity index (χ1n) is 5.55. The minimum absolute atomic E-state index is 0.101. The Hall–Kier alpha value is -1.62. The summed E-state index contributed by atoms with van der Waals surface area (Å²) in [6, 6.07) is 5.22. The Morgan fingerprint density at radius 2 is 2.00 bits per heavy atom. The number of aliphatic hydroxyl groups is 1. The highest BCUT2D eigenvalue weighted by Gasteiger charge is 2.42. The number of benzene rings is 1. The lowest BCUT2D eigenvalue weighted by atomic mass is 10.1. The summed E-state index contributed by atoms with van der Waals surface area (Å²) in [6.07, 6.45) is 1.89. The van der Waals surface area contributed by atoms with Gasteiger partial charge in [0, 0.05) is 17.6 Å². The van der Waals surface area contributed by atoms with Gasteiger partial charge in [0.1, 0.15) is 5.82 Å². The summed E-state index contributed by atoms with van der Waals surface area (Å²) in [7, 11) is 0. The minimum Gasteiger partial charge on any atom is -0.396 e. The molecule has 0 saturated heterocycles. The first kappa shape index (κ1) is 11.9. The van der Waals surface area contributed by atoms with Crippen LogP contribution in [-0.4, -0.2) is 24.3 Å². The second kappa shape index (κ2) is 4.71. The summed E-state index contributed by atoms with van der Waals surface area (Å²) in [6.45, 7) is 0.570. The molecule has 0 aliphatic heterocycles. The molecule has 0 atom stereocenters. The third kappa shape index (κ3) is 3.17. The number of aliphatic hydroxyl groups excluding tert-OH is 1. The molecule has 0 bridgehead atoms. The topological polar surface area (TPSA) is 61.4 Å². The third-order valence-electron chi connectivity index (χ3n) is 3.02. The number of urea groups is 1. The van der Waals surface area contributed by atoms with E-state index >= 15 is 0 Å². The Balaban J connectivity index is 1.79. The van der Waals surface area contributed by atoms with Crippen LogP contribution in [0.4, 0.5) is 14.9 Å². The van der Waals surface area contributed by atoms with Gasteiger partial charge in [-0.05, 0) is 37.1 Å². The van der Waals surface area contributed by atoms with Crippen LogP contribution in [0.5, 0.6) is 0 Å². The van der Waals surface area contributed by atoms with Crippen molar-refractivity contribution in [2.24, 2.45) is 5.41 Å². The fourth-order valence-electron chi connectivity index (χ4n) is 1.54. The van der Waals surface area contributed by atoms with Crippen molar-refractivity contribution < 1.29 is 14.3 Å². The van der Waals surface area contributed by atoms with E-state index in [0.717, 1.165) is 12.8 Å². The fraction of sp³-hybridized carbons (Fsp3) is 0.417. The summed E-state index contributed by atoms with van der Waals surface area (Å²) in [5, 5.41) is 14.4. The van der Waals surface area contributed by atoms with Crippen LogP contribution in [0.3, 0.4) is 0 Å². The van der Waals surface area contributed by atoms with Gasteiger partial charge in [0.15, 0.2) is 0 Å².